The molecule has 0 N–H and O–H groups in total. The second-order valence-corrected chi connectivity index (χ2v) is 11.0. The Morgan fingerprint density at radius 1 is 0.795 bits per heavy atom. The van der Waals surface area contributed by atoms with Crippen LogP contribution in [-0.4, -0.2) is 52.1 Å². The minimum atomic E-state index is -1.00. The molecule has 3 aliphatic carbocycles. The van der Waals surface area contributed by atoms with Crippen molar-refractivity contribution in [1.29, 1.82) is 0 Å². The first-order chi connectivity index (χ1) is 21.3. The average molecular weight is 588 g/mol. The van der Waals surface area contributed by atoms with Crippen molar-refractivity contribution in [2.45, 2.75) is 11.8 Å². The van der Waals surface area contributed by atoms with Crippen molar-refractivity contribution >= 4 is 29.2 Å². The Bertz CT molecular complexity index is 1790. The first-order valence-electron chi connectivity index (χ1n) is 14.1. The van der Waals surface area contributed by atoms with E-state index in [4.69, 9.17) is 4.74 Å². The first kappa shape index (κ1) is 27.2. The van der Waals surface area contributed by atoms with Crippen molar-refractivity contribution in [2.75, 3.05) is 13.7 Å². The van der Waals surface area contributed by atoms with Gasteiger partial charge in [-0.25, -0.2) is 5.01 Å². The lowest BCUT2D eigenvalue weighted by Gasteiger charge is -2.45. The van der Waals surface area contributed by atoms with Crippen LogP contribution in [0.4, 0.5) is 5.69 Å². The van der Waals surface area contributed by atoms with Crippen LogP contribution in [0.5, 0.6) is 5.75 Å². The van der Waals surface area contributed by atoms with Crippen molar-refractivity contribution in [2.24, 2.45) is 11.8 Å². The Hall–Kier alpha value is -5.64. The number of imide groups is 1. The number of ketones is 1. The summed E-state index contributed by atoms with van der Waals surface area (Å²) in [4.78, 5) is 67.8. The molecule has 1 heterocycles. The van der Waals surface area contributed by atoms with Gasteiger partial charge in [0.1, 0.15) is 17.9 Å². The van der Waals surface area contributed by atoms with Crippen LogP contribution in [0, 0.1) is 22.0 Å². The van der Waals surface area contributed by atoms with E-state index in [-0.39, 0.29) is 11.1 Å². The summed E-state index contributed by atoms with van der Waals surface area (Å²) in [5.74, 6) is -4.92. The number of nitrogens with zero attached hydrogens (tertiary/aromatic N) is 3. The summed E-state index contributed by atoms with van der Waals surface area (Å²) >= 11 is 0. The van der Waals surface area contributed by atoms with E-state index in [0.29, 0.717) is 5.75 Å². The zero-order chi connectivity index (χ0) is 30.7. The van der Waals surface area contributed by atoms with Gasteiger partial charge in [0.05, 0.1) is 23.9 Å². The van der Waals surface area contributed by atoms with E-state index in [1.807, 2.05) is 48.5 Å². The maximum Gasteiger partial charge on any atom is 0.282 e. The summed E-state index contributed by atoms with van der Waals surface area (Å²) in [5.41, 5.74) is 3.12. The Kier molecular flexibility index (Phi) is 6.35. The third-order valence-electron chi connectivity index (χ3n) is 8.92. The highest BCUT2D eigenvalue weighted by molar-refractivity contribution is 6.11. The van der Waals surface area contributed by atoms with Crippen molar-refractivity contribution in [3.63, 3.8) is 0 Å². The lowest BCUT2D eigenvalue weighted by Crippen LogP contribution is -2.52. The van der Waals surface area contributed by atoms with E-state index in [0.717, 1.165) is 38.3 Å². The lowest BCUT2D eigenvalue weighted by molar-refractivity contribution is -0.385. The molecule has 218 valence electrons. The fourth-order valence-electron chi connectivity index (χ4n) is 7.11. The number of benzene rings is 4. The van der Waals surface area contributed by atoms with Crippen molar-refractivity contribution in [3.05, 3.63) is 141 Å². The molecule has 0 unspecified atom stereocenters. The zero-order valence-electron chi connectivity index (χ0n) is 23.5. The molecule has 44 heavy (non-hydrogen) atoms. The number of rotatable bonds is 7. The van der Waals surface area contributed by atoms with Crippen molar-refractivity contribution < 1.29 is 28.8 Å². The molecule has 10 heteroatoms. The van der Waals surface area contributed by atoms with Gasteiger partial charge in [-0.3, -0.25) is 29.3 Å². The van der Waals surface area contributed by atoms with Gasteiger partial charge in [0.15, 0.2) is 5.78 Å². The Morgan fingerprint density at radius 2 is 1.32 bits per heavy atom. The molecule has 0 aromatic heterocycles. The highest BCUT2D eigenvalue weighted by atomic mass is 16.6. The van der Waals surface area contributed by atoms with Crippen LogP contribution in [0.3, 0.4) is 0 Å². The quantitative estimate of drug-likeness (QED) is 0.132. The number of hydrogen-bond donors (Lipinski definition) is 0. The molecule has 3 amide bonds. The summed E-state index contributed by atoms with van der Waals surface area (Å²) in [6, 6.07) is 27.0. The molecule has 2 bridgehead atoms. The number of hydrogen-bond acceptors (Lipinski definition) is 7. The Balaban J connectivity index is 1.35. The number of nitro benzene ring substituents is 1. The molecule has 10 nitrogen and oxygen atoms in total. The number of amides is 3. The van der Waals surface area contributed by atoms with Crippen LogP contribution in [0.15, 0.2) is 97.1 Å². The predicted octanol–water partition coefficient (Wildman–Crippen LogP) is 4.74. The molecular weight excluding hydrogens is 562 g/mol. The van der Waals surface area contributed by atoms with E-state index in [1.165, 1.54) is 37.4 Å². The molecule has 4 aliphatic rings. The molecule has 2 atom stereocenters. The van der Waals surface area contributed by atoms with Crippen LogP contribution in [0.25, 0.3) is 0 Å². The van der Waals surface area contributed by atoms with Crippen molar-refractivity contribution in [3.8, 4) is 5.75 Å². The fourth-order valence-corrected chi connectivity index (χ4v) is 7.11. The topological polar surface area (TPSA) is 127 Å². The number of para-hydroxylation sites is 1. The molecule has 0 radical (unpaired) electrons. The standard InChI is InChI=1S/C34H25N3O7/c1-44-20-10-8-9-19(17-20)27(38)18-35(32(39)25-15-6-7-16-26(25)37(42)43)36-33(40)30-28-21-11-2-3-12-22(21)29(31(30)34(36)41)24-14-5-4-13-23(24)28/h2-17,28-31H,18H2,1H3/t28?,29?,30-,31+. The third-order valence-corrected chi connectivity index (χ3v) is 8.92. The number of hydrazine groups is 1. The molecule has 4 aromatic rings. The maximum absolute atomic E-state index is 14.4. The second-order valence-electron chi connectivity index (χ2n) is 11.0. The summed E-state index contributed by atoms with van der Waals surface area (Å²) < 4.78 is 5.23. The van der Waals surface area contributed by atoms with Crippen LogP contribution in [-0.2, 0) is 9.59 Å². The normalized spacial score (nSPS) is 20.9. The molecular formula is C34H25N3O7. The Morgan fingerprint density at radius 3 is 1.84 bits per heavy atom. The highest BCUT2D eigenvalue weighted by Crippen LogP contribution is 2.61. The third kappa shape index (κ3) is 3.94. The van der Waals surface area contributed by atoms with Crippen molar-refractivity contribution in [1.82, 2.24) is 10.0 Å². The monoisotopic (exact) mass is 587 g/mol. The van der Waals surface area contributed by atoms with Gasteiger partial charge in [0, 0.05) is 23.5 Å². The SMILES string of the molecule is COc1cccc(C(=O)CN(C(=O)c2ccccc2[N+](=O)[O-])N2C(=O)[C@@H]3C4c5ccccc5C(c5ccccc54)[C@@H]3C2=O)c1. The summed E-state index contributed by atoms with van der Waals surface area (Å²) in [5, 5.41) is 13.4. The second kappa shape index (κ2) is 10.3. The summed E-state index contributed by atoms with van der Waals surface area (Å²) in [6.45, 7) is -0.704. The largest absolute Gasteiger partial charge is 0.497 e. The maximum atomic E-state index is 14.4. The number of carbonyl (C=O) groups excluding carboxylic acids is 4. The molecule has 4 aromatic carbocycles. The molecule has 1 fully saturated rings. The van der Waals surface area contributed by atoms with E-state index in [2.05, 4.69) is 0 Å². The number of methoxy groups -OCH3 is 1. The molecule has 0 saturated carbocycles. The zero-order valence-corrected chi connectivity index (χ0v) is 23.5. The van der Waals surface area contributed by atoms with E-state index >= 15 is 0 Å². The molecule has 8 rings (SSSR count). The number of nitro groups is 1. The summed E-state index contributed by atoms with van der Waals surface area (Å²) in [6.07, 6.45) is 0. The van der Waals surface area contributed by atoms with Crippen LogP contribution >= 0.6 is 0 Å². The average Bonchev–Trinajstić information content (AvgIpc) is 3.32. The minimum absolute atomic E-state index is 0.182. The predicted molar refractivity (Wildman–Crippen MR) is 157 cm³/mol. The van der Waals surface area contributed by atoms with Gasteiger partial charge in [-0.05, 0) is 40.5 Å². The smallest absolute Gasteiger partial charge is 0.282 e. The first-order valence-corrected chi connectivity index (χ1v) is 14.1. The summed E-state index contributed by atoms with van der Waals surface area (Å²) in [7, 11) is 1.45. The Labute approximate surface area is 251 Å². The van der Waals surface area contributed by atoms with Gasteiger partial charge in [0.25, 0.3) is 23.4 Å². The van der Waals surface area contributed by atoms with Gasteiger partial charge >= 0.3 is 0 Å². The lowest BCUT2D eigenvalue weighted by atomic mass is 9.55. The van der Waals surface area contributed by atoms with E-state index in [1.54, 1.807) is 12.1 Å². The fraction of sp³-hybridized carbons (Fsp3) is 0.176. The van der Waals surface area contributed by atoms with E-state index < -0.39 is 64.3 Å². The molecule has 0 spiro atoms. The number of carbonyl (C=O) groups is 4. The van der Waals surface area contributed by atoms with Crippen LogP contribution in [0.1, 0.15) is 54.8 Å². The van der Waals surface area contributed by atoms with Crippen LogP contribution < -0.4 is 4.74 Å². The van der Waals surface area contributed by atoms with Gasteiger partial charge in [-0.1, -0.05) is 72.8 Å². The van der Waals surface area contributed by atoms with Crippen LogP contribution in [0.2, 0.25) is 0 Å². The highest BCUT2D eigenvalue weighted by Gasteiger charge is 2.63. The number of ether oxygens (including phenoxy) is 1. The van der Waals surface area contributed by atoms with Gasteiger partial charge in [-0.15, -0.1) is 0 Å². The van der Waals surface area contributed by atoms with Gasteiger partial charge in [-0.2, -0.15) is 5.01 Å². The van der Waals surface area contributed by atoms with E-state index in [9.17, 15) is 29.3 Å². The molecule has 1 aliphatic heterocycles. The van der Waals surface area contributed by atoms with Gasteiger partial charge in [0.2, 0.25) is 0 Å². The minimum Gasteiger partial charge on any atom is -0.497 e. The molecule has 1 saturated heterocycles. The number of Topliss-reactive ketones (excluding diaryl/α,β-unsaturated/α-hetero) is 1. The van der Waals surface area contributed by atoms with Gasteiger partial charge < -0.3 is 4.74 Å².